The van der Waals surface area contributed by atoms with Crippen LogP contribution in [0.2, 0.25) is 5.02 Å². The van der Waals surface area contributed by atoms with Crippen LogP contribution in [0.25, 0.3) is 0 Å². The average molecular weight is 277 g/mol. The van der Waals surface area contributed by atoms with E-state index in [4.69, 9.17) is 11.6 Å². The first-order valence-corrected chi connectivity index (χ1v) is 5.65. The van der Waals surface area contributed by atoms with Crippen molar-refractivity contribution < 1.29 is 17.4 Å². The predicted molar refractivity (Wildman–Crippen MR) is 53.6 cm³/mol. The molecule has 0 aliphatic rings. The van der Waals surface area contributed by atoms with Gasteiger partial charge >= 0.3 is 5.25 Å². The second-order valence-corrected chi connectivity index (χ2v) is 4.96. The minimum absolute atomic E-state index is 0.229. The van der Waals surface area contributed by atoms with E-state index in [0.29, 0.717) is 5.02 Å². The van der Waals surface area contributed by atoms with Crippen molar-refractivity contribution >= 4 is 34.0 Å². The molecule has 0 radical (unpaired) electrons. The lowest BCUT2D eigenvalue weighted by Gasteiger charge is -2.15. The molecule has 1 nitrogen and oxygen atoms in total. The zero-order valence-corrected chi connectivity index (χ0v) is 9.42. The van der Waals surface area contributed by atoms with E-state index in [2.05, 4.69) is 11.6 Å². The maximum atomic E-state index is 12.9. The lowest BCUT2D eigenvalue weighted by atomic mass is 10.4. The van der Waals surface area contributed by atoms with E-state index in [1.54, 1.807) is 0 Å². The molecule has 0 aliphatic carbocycles. The summed E-state index contributed by atoms with van der Waals surface area (Å²) in [5.74, 6) is 0. The van der Waals surface area contributed by atoms with Gasteiger partial charge in [-0.15, -0.1) is 0 Å². The minimum atomic E-state index is -4.12. The first-order chi connectivity index (χ1) is 6.85. The molecule has 0 heterocycles. The first kappa shape index (κ1) is 12.8. The molecule has 1 rings (SSSR count). The molecule has 0 amide bonds. The summed E-state index contributed by atoms with van der Waals surface area (Å²) in [5.41, 5.74) is -2.99. The van der Waals surface area contributed by atoms with Gasteiger partial charge in [-0.05, 0) is 24.3 Å². The van der Waals surface area contributed by atoms with Crippen molar-refractivity contribution in [3.8, 4) is 0 Å². The highest BCUT2D eigenvalue weighted by molar-refractivity contribution is 7.86. The van der Waals surface area contributed by atoms with E-state index in [9.17, 15) is 17.4 Å². The fraction of sp³-hybridized carbons (Fsp3) is 0.250. The zero-order chi connectivity index (χ0) is 11.6. The third-order valence-corrected chi connectivity index (χ3v) is 3.59. The summed E-state index contributed by atoms with van der Waals surface area (Å²) in [7, 11) is -2.83. The molecule has 0 saturated heterocycles. The topological polar surface area (TPSA) is 17.1 Å². The highest BCUT2D eigenvalue weighted by Gasteiger charge is 2.46. The number of alkyl halides is 4. The number of halogens is 5. The normalized spacial score (nSPS) is 16.1. The van der Waals surface area contributed by atoms with Gasteiger partial charge in [-0.2, -0.15) is 8.78 Å². The highest BCUT2D eigenvalue weighted by atomic mass is 35.5. The monoisotopic (exact) mass is 276 g/mol. The fourth-order valence-corrected chi connectivity index (χ4v) is 2.02. The van der Waals surface area contributed by atoms with E-state index < -0.39 is 21.7 Å². The molecule has 2 unspecified atom stereocenters. The molecule has 15 heavy (non-hydrogen) atoms. The molecule has 7 heteroatoms. The number of rotatable bonds is 3. The van der Waals surface area contributed by atoms with Gasteiger partial charge in [0.15, 0.2) is 0 Å². The third-order valence-electron chi connectivity index (χ3n) is 1.53. The summed E-state index contributed by atoms with van der Waals surface area (Å²) in [6.07, 6.45) is 0. The van der Waals surface area contributed by atoms with Crippen molar-refractivity contribution in [3.05, 3.63) is 29.3 Å². The number of hydrogen-bond acceptors (Lipinski definition) is 1. The van der Waals surface area contributed by atoms with Gasteiger partial charge in [0.2, 0.25) is 5.63 Å². The van der Waals surface area contributed by atoms with E-state index in [1.165, 1.54) is 12.1 Å². The van der Waals surface area contributed by atoms with Crippen LogP contribution in [-0.4, -0.2) is 15.1 Å². The molecule has 0 aliphatic heterocycles. The van der Waals surface area contributed by atoms with Gasteiger partial charge in [0.05, 0.1) is 0 Å². The molecule has 2 atom stereocenters. The smallest absolute Gasteiger partial charge is 0.248 e. The maximum absolute atomic E-state index is 12.9. The molecule has 0 N–H and O–H groups in total. The van der Waals surface area contributed by atoms with E-state index in [-0.39, 0.29) is 4.90 Å². The van der Waals surface area contributed by atoms with Gasteiger partial charge in [-0.3, -0.25) is 0 Å². The molecule has 0 saturated carbocycles. The molecule has 84 valence electrons. The first-order valence-electron chi connectivity index (χ1n) is 3.69. The number of hydrogen-bond donors (Lipinski definition) is 0. The zero-order valence-electron chi connectivity index (χ0n) is 7.09. The molecule has 0 aromatic heterocycles. The van der Waals surface area contributed by atoms with Crippen molar-refractivity contribution in [2.45, 2.75) is 15.8 Å². The molecule has 0 bridgehead atoms. The van der Waals surface area contributed by atoms with Gasteiger partial charge < -0.3 is 0 Å². The summed E-state index contributed by atoms with van der Waals surface area (Å²) < 4.78 is 49.3. The minimum Gasteiger partial charge on any atom is -0.248 e. The van der Waals surface area contributed by atoms with Crippen LogP contribution in [0, 0.1) is 0 Å². The van der Waals surface area contributed by atoms with Crippen molar-refractivity contribution in [3.63, 3.8) is 0 Å². The van der Waals surface area contributed by atoms with Gasteiger partial charge in [0.1, 0.15) is 10.8 Å². The summed E-state index contributed by atoms with van der Waals surface area (Å²) in [6, 6.07) is 4.83. The second kappa shape index (κ2) is 4.72. The standard InChI is InChI=1S/C8H5Cl2F3OS/c9-5-1-3-6(4-2-5)15(14)8(12,13)7(10)11/h1-4,7H. The molecule has 1 aromatic rings. The van der Waals surface area contributed by atoms with Crippen LogP contribution in [0.1, 0.15) is 0 Å². The predicted octanol–water partition coefficient (Wildman–Crippen LogP) is 3.57. The SMILES string of the molecule is O=S(c1ccc(Cl)cc1)C(F)(F)C(F)Cl. The van der Waals surface area contributed by atoms with Gasteiger partial charge in [-0.1, -0.05) is 23.2 Å². The Balaban J connectivity index is 3.00. The Morgan fingerprint density at radius 2 is 1.73 bits per heavy atom. The molecule has 0 fully saturated rings. The van der Waals surface area contributed by atoms with Crippen molar-refractivity contribution in [2.75, 3.05) is 0 Å². The van der Waals surface area contributed by atoms with Crippen LogP contribution in [0.15, 0.2) is 29.2 Å². The second-order valence-electron chi connectivity index (χ2n) is 2.59. The summed E-state index contributed by atoms with van der Waals surface area (Å²) in [6.45, 7) is 0. The number of benzene rings is 1. The molecule has 1 aromatic carbocycles. The Kier molecular flexibility index (Phi) is 4.03. The Hall–Kier alpha value is -0.260. The largest absolute Gasteiger partial charge is 0.369 e. The highest BCUT2D eigenvalue weighted by Crippen LogP contribution is 2.32. The van der Waals surface area contributed by atoms with Crippen LogP contribution >= 0.6 is 23.2 Å². The quantitative estimate of drug-likeness (QED) is 0.772. The summed E-state index contributed by atoms with van der Waals surface area (Å²) in [5, 5.41) is -3.81. The molecular formula is C8H5Cl2F3OS. The Morgan fingerprint density at radius 1 is 1.27 bits per heavy atom. The molecule has 0 spiro atoms. The average Bonchev–Trinajstić information content (AvgIpc) is 2.17. The van der Waals surface area contributed by atoms with Crippen LogP contribution in [0.4, 0.5) is 13.2 Å². The Morgan fingerprint density at radius 3 is 2.13 bits per heavy atom. The van der Waals surface area contributed by atoms with Crippen molar-refractivity contribution in [1.82, 2.24) is 0 Å². The van der Waals surface area contributed by atoms with Gasteiger partial charge in [-0.25, -0.2) is 8.60 Å². The van der Waals surface area contributed by atoms with Crippen LogP contribution in [0.3, 0.4) is 0 Å². The van der Waals surface area contributed by atoms with E-state index in [1.807, 2.05) is 0 Å². The Bertz CT molecular complexity index is 367. The third kappa shape index (κ3) is 2.86. The summed E-state index contributed by atoms with van der Waals surface area (Å²) >= 11 is 10.1. The van der Waals surface area contributed by atoms with Gasteiger partial charge in [0, 0.05) is 9.92 Å². The van der Waals surface area contributed by atoms with E-state index >= 15 is 0 Å². The lowest BCUT2D eigenvalue weighted by Crippen LogP contribution is -2.31. The molecular weight excluding hydrogens is 272 g/mol. The maximum Gasteiger partial charge on any atom is 0.369 e. The fourth-order valence-electron chi connectivity index (χ4n) is 0.796. The van der Waals surface area contributed by atoms with Gasteiger partial charge in [0.25, 0.3) is 0 Å². The lowest BCUT2D eigenvalue weighted by molar-refractivity contribution is 0.0479. The van der Waals surface area contributed by atoms with Crippen LogP contribution in [0.5, 0.6) is 0 Å². The summed E-state index contributed by atoms with van der Waals surface area (Å²) in [4.78, 5) is -0.229. The van der Waals surface area contributed by atoms with E-state index in [0.717, 1.165) is 12.1 Å². The van der Waals surface area contributed by atoms with Crippen molar-refractivity contribution in [1.29, 1.82) is 0 Å². The van der Waals surface area contributed by atoms with Crippen molar-refractivity contribution in [2.24, 2.45) is 0 Å². The van der Waals surface area contributed by atoms with Crippen LogP contribution in [-0.2, 0) is 10.8 Å². The Labute approximate surface area is 96.6 Å². The van der Waals surface area contributed by atoms with Crippen LogP contribution < -0.4 is 0 Å².